The lowest BCUT2D eigenvalue weighted by Crippen LogP contribution is -2.00. The molecule has 0 heterocycles. The van der Waals surface area contributed by atoms with E-state index in [1.165, 1.54) is 6.07 Å². The van der Waals surface area contributed by atoms with E-state index in [0.29, 0.717) is 0 Å². The van der Waals surface area contributed by atoms with Gasteiger partial charge in [0.05, 0.1) is 0 Å². The summed E-state index contributed by atoms with van der Waals surface area (Å²) in [6.07, 6.45) is 0. The lowest BCUT2D eigenvalue weighted by Gasteiger charge is -1.98. The molecule has 0 aromatic heterocycles. The Labute approximate surface area is 85.7 Å². The molecule has 0 bridgehead atoms. The second-order valence-corrected chi connectivity index (χ2v) is 3.88. The van der Waals surface area contributed by atoms with Crippen molar-refractivity contribution in [2.24, 2.45) is 0 Å². The molecular weight excluding hydrogens is 242 g/mol. The molecule has 0 saturated carbocycles. The maximum Gasteiger partial charge on any atom is 0.297 e. The zero-order chi connectivity index (χ0) is 9.35. The third-order valence-electron chi connectivity index (χ3n) is 1.17. The van der Waals surface area contributed by atoms with Gasteiger partial charge in [0.15, 0.2) is 0 Å². The number of benzene rings is 1. The van der Waals surface area contributed by atoms with E-state index in [4.69, 9.17) is 16.2 Å². The highest BCUT2D eigenvalue weighted by molar-refractivity contribution is 7.85. The summed E-state index contributed by atoms with van der Waals surface area (Å²) in [7, 11) is -4.48. The van der Waals surface area contributed by atoms with Gasteiger partial charge in [-0.15, -0.1) is 12.4 Å². The maximum absolute atomic E-state index is 12.7. The first-order chi connectivity index (χ1) is 5.41. The Hall–Kier alpha value is -0.360. The molecular formula is C6H5Cl2FO3S. The smallest absolute Gasteiger partial charge is 0.282 e. The molecule has 13 heavy (non-hydrogen) atoms. The summed E-state index contributed by atoms with van der Waals surface area (Å²) >= 11 is 5.35. The minimum absolute atomic E-state index is 0. The lowest BCUT2D eigenvalue weighted by atomic mass is 10.3. The third-order valence-corrected chi connectivity index (χ3v) is 2.29. The van der Waals surface area contributed by atoms with Gasteiger partial charge in [-0.2, -0.15) is 8.42 Å². The van der Waals surface area contributed by atoms with Crippen LogP contribution in [0.5, 0.6) is 0 Å². The van der Waals surface area contributed by atoms with Crippen LogP contribution in [0.1, 0.15) is 0 Å². The lowest BCUT2D eigenvalue weighted by molar-refractivity contribution is 0.473. The Kier molecular flexibility index (Phi) is 4.12. The Balaban J connectivity index is 0.00000144. The maximum atomic E-state index is 12.7. The van der Waals surface area contributed by atoms with Gasteiger partial charge >= 0.3 is 0 Å². The van der Waals surface area contributed by atoms with Crippen LogP contribution in [-0.4, -0.2) is 13.0 Å². The Bertz CT molecular complexity index is 404. The fraction of sp³-hybridized carbons (Fsp3) is 0. The summed E-state index contributed by atoms with van der Waals surface area (Å²) in [5, 5.41) is 0.0694. The van der Waals surface area contributed by atoms with Crippen molar-refractivity contribution in [2.45, 2.75) is 4.90 Å². The van der Waals surface area contributed by atoms with Crippen molar-refractivity contribution >= 4 is 34.1 Å². The van der Waals surface area contributed by atoms with Crippen LogP contribution in [0.15, 0.2) is 23.1 Å². The summed E-state index contributed by atoms with van der Waals surface area (Å²) in [4.78, 5) is -0.771. The molecule has 0 amide bonds. The van der Waals surface area contributed by atoms with Crippen LogP contribution in [-0.2, 0) is 10.1 Å². The highest BCUT2D eigenvalue weighted by Crippen LogP contribution is 2.18. The quantitative estimate of drug-likeness (QED) is 0.773. The average molecular weight is 247 g/mol. The van der Waals surface area contributed by atoms with Crippen molar-refractivity contribution in [1.29, 1.82) is 0 Å². The van der Waals surface area contributed by atoms with E-state index in [2.05, 4.69) is 0 Å². The molecule has 0 saturated heterocycles. The second kappa shape index (κ2) is 4.23. The average Bonchev–Trinajstić information content (AvgIpc) is 1.83. The molecule has 1 N–H and O–H groups in total. The molecule has 0 aliphatic heterocycles. The van der Waals surface area contributed by atoms with Crippen LogP contribution in [0.3, 0.4) is 0 Å². The molecule has 74 valence electrons. The van der Waals surface area contributed by atoms with Gasteiger partial charge in [0.1, 0.15) is 10.7 Å². The molecule has 1 aromatic rings. The molecule has 0 spiro atoms. The first-order valence-electron chi connectivity index (χ1n) is 2.84. The van der Waals surface area contributed by atoms with E-state index >= 15 is 0 Å². The third kappa shape index (κ3) is 3.11. The zero-order valence-corrected chi connectivity index (χ0v) is 8.46. The SMILES string of the molecule is Cl.O=S(=O)(O)c1ccc(Cl)cc1F. The van der Waals surface area contributed by atoms with Crippen LogP contribution < -0.4 is 0 Å². The van der Waals surface area contributed by atoms with Crippen molar-refractivity contribution in [3.8, 4) is 0 Å². The largest absolute Gasteiger partial charge is 0.297 e. The van der Waals surface area contributed by atoms with E-state index in [0.717, 1.165) is 12.1 Å². The molecule has 0 unspecified atom stereocenters. The van der Waals surface area contributed by atoms with E-state index in [-0.39, 0.29) is 17.4 Å². The van der Waals surface area contributed by atoms with Gasteiger partial charge < -0.3 is 0 Å². The Morgan fingerprint density at radius 1 is 1.38 bits per heavy atom. The molecule has 0 aliphatic rings. The van der Waals surface area contributed by atoms with Crippen LogP contribution in [0, 0.1) is 5.82 Å². The summed E-state index contributed by atoms with van der Waals surface area (Å²) in [6, 6.07) is 2.88. The minimum atomic E-state index is -4.48. The summed E-state index contributed by atoms with van der Waals surface area (Å²) in [5.74, 6) is -1.06. The monoisotopic (exact) mass is 246 g/mol. The number of halogens is 3. The standard InChI is InChI=1S/C6H4ClFO3S.ClH/c7-4-1-2-6(5(8)3-4)12(9,10)11;/h1-3H,(H,9,10,11);1H. The molecule has 0 aliphatic carbocycles. The summed E-state index contributed by atoms with van der Waals surface area (Å²) < 4.78 is 42.0. The van der Waals surface area contributed by atoms with Crippen LogP contribution in [0.4, 0.5) is 4.39 Å². The van der Waals surface area contributed by atoms with Crippen molar-refractivity contribution < 1.29 is 17.4 Å². The number of hydrogen-bond acceptors (Lipinski definition) is 2. The molecule has 1 rings (SSSR count). The van der Waals surface area contributed by atoms with E-state index in [1.807, 2.05) is 0 Å². The van der Waals surface area contributed by atoms with Crippen molar-refractivity contribution in [2.75, 3.05) is 0 Å². The van der Waals surface area contributed by atoms with Gasteiger partial charge in [-0.25, -0.2) is 4.39 Å². The van der Waals surface area contributed by atoms with Crippen LogP contribution in [0.25, 0.3) is 0 Å². The molecule has 7 heteroatoms. The van der Waals surface area contributed by atoms with Gasteiger partial charge in [-0.05, 0) is 18.2 Å². The predicted octanol–water partition coefficient (Wildman–Crippen LogP) is 2.15. The van der Waals surface area contributed by atoms with Gasteiger partial charge in [0, 0.05) is 5.02 Å². The Morgan fingerprint density at radius 3 is 2.31 bits per heavy atom. The van der Waals surface area contributed by atoms with Gasteiger partial charge in [-0.1, -0.05) is 11.6 Å². The van der Waals surface area contributed by atoms with Gasteiger partial charge in [0.25, 0.3) is 10.1 Å². The summed E-state index contributed by atoms with van der Waals surface area (Å²) in [6.45, 7) is 0. The zero-order valence-electron chi connectivity index (χ0n) is 6.07. The second-order valence-electron chi connectivity index (χ2n) is 2.05. The van der Waals surface area contributed by atoms with Gasteiger partial charge in [0.2, 0.25) is 0 Å². The molecule has 3 nitrogen and oxygen atoms in total. The molecule has 0 fully saturated rings. The van der Waals surface area contributed by atoms with E-state index in [9.17, 15) is 12.8 Å². The first-order valence-corrected chi connectivity index (χ1v) is 4.65. The fourth-order valence-electron chi connectivity index (χ4n) is 0.684. The van der Waals surface area contributed by atoms with Crippen LogP contribution in [0.2, 0.25) is 5.02 Å². The van der Waals surface area contributed by atoms with E-state index in [1.54, 1.807) is 0 Å². The highest BCUT2D eigenvalue weighted by atomic mass is 35.5. The van der Waals surface area contributed by atoms with Crippen molar-refractivity contribution in [3.05, 3.63) is 29.0 Å². The minimum Gasteiger partial charge on any atom is -0.282 e. The fourth-order valence-corrected chi connectivity index (χ4v) is 1.39. The van der Waals surface area contributed by atoms with Crippen molar-refractivity contribution in [3.63, 3.8) is 0 Å². The summed E-state index contributed by atoms with van der Waals surface area (Å²) in [5.41, 5.74) is 0. The topological polar surface area (TPSA) is 54.4 Å². The molecule has 1 aromatic carbocycles. The Morgan fingerprint density at radius 2 is 1.92 bits per heavy atom. The predicted molar refractivity (Wildman–Crippen MR) is 48.5 cm³/mol. The van der Waals surface area contributed by atoms with Gasteiger partial charge in [-0.3, -0.25) is 4.55 Å². The molecule has 0 radical (unpaired) electrons. The van der Waals surface area contributed by atoms with Crippen molar-refractivity contribution in [1.82, 2.24) is 0 Å². The number of hydrogen-bond donors (Lipinski definition) is 1. The number of rotatable bonds is 1. The highest BCUT2D eigenvalue weighted by Gasteiger charge is 2.15. The van der Waals surface area contributed by atoms with E-state index < -0.39 is 20.8 Å². The molecule has 0 atom stereocenters. The van der Waals surface area contributed by atoms with Crippen LogP contribution >= 0.6 is 24.0 Å². The normalized spacial score (nSPS) is 10.7. The first kappa shape index (κ1) is 12.6.